The summed E-state index contributed by atoms with van der Waals surface area (Å²) < 4.78 is 7.36. The second-order valence-electron chi connectivity index (χ2n) is 9.38. The van der Waals surface area contributed by atoms with Crippen LogP contribution < -0.4 is 15.4 Å². The molecule has 0 bridgehead atoms. The smallest absolute Gasteiger partial charge is 0.224 e. The molecule has 5 rings (SSSR count). The van der Waals surface area contributed by atoms with Gasteiger partial charge in [-0.15, -0.1) is 11.3 Å². The predicted octanol–water partition coefficient (Wildman–Crippen LogP) is 5.01. The maximum Gasteiger partial charge on any atom is 0.224 e. The highest BCUT2D eigenvalue weighted by molar-refractivity contribution is 7.17. The molecule has 0 saturated carbocycles. The second-order valence-corrected chi connectivity index (χ2v) is 10.7. The first kappa shape index (κ1) is 23.6. The number of piperidine rings is 2. The fourth-order valence-corrected chi connectivity index (χ4v) is 6.16. The van der Waals surface area contributed by atoms with Crippen LogP contribution >= 0.6 is 22.9 Å². The molecule has 0 spiro atoms. The molecule has 2 aliphatic heterocycles. The van der Waals surface area contributed by atoms with E-state index in [1.54, 1.807) is 11.3 Å². The summed E-state index contributed by atoms with van der Waals surface area (Å²) in [6, 6.07) is 14.7. The molecular weight excluding hydrogens is 466 g/mol. The molecule has 2 fully saturated rings. The number of hydrogen-bond donors (Lipinski definition) is 2. The van der Waals surface area contributed by atoms with Gasteiger partial charge < -0.3 is 15.4 Å². The van der Waals surface area contributed by atoms with Crippen molar-refractivity contribution >= 4 is 38.9 Å². The van der Waals surface area contributed by atoms with Gasteiger partial charge in [-0.05, 0) is 78.9 Å². The minimum atomic E-state index is 0.123. The zero-order valence-corrected chi connectivity index (χ0v) is 21.0. The molecular formula is C27H32ClN3O2S. The average molecular weight is 498 g/mol. The van der Waals surface area contributed by atoms with Gasteiger partial charge in [-0.3, -0.25) is 9.69 Å². The molecule has 2 aliphatic rings. The van der Waals surface area contributed by atoms with Gasteiger partial charge in [0.1, 0.15) is 11.9 Å². The summed E-state index contributed by atoms with van der Waals surface area (Å²) in [5.74, 6) is 0.912. The van der Waals surface area contributed by atoms with Crippen LogP contribution in [0, 0.1) is 0 Å². The lowest BCUT2D eigenvalue weighted by atomic mass is 10.0. The second kappa shape index (κ2) is 11.1. The number of nitrogens with zero attached hydrogens (tertiary/aromatic N) is 1. The summed E-state index contributed by atoms with van der Waals surface area (Å²) in [6.07, 6.45) is 4.69. The maximum absolute atomic E-state index is 12.7. The van der Waals surface area contributed by atoms with E-state index in [0.29, 0.717) is 11.4 Å². The first-order chi connectivity index (χ1) is 16.6. The third kappa shape index (κ3) is 5.92. The van der Waals surface area contributed by atoms with Gasteiger partial charge in [0.05, 0.1) is 11.4 Å². The Kier molecular flexibility index (Phi) is 7.70. The molecule has 34 heavy (non-hydrogen) atoms. The van der Waals surface area contributed by atoms with Crippen molar-refractivity contribution in [3.05, 3.63) is 64.0 Å². The molecule has 180 valence electrons. The van der Waals surface area contributed by atoms with E-state index in [-0.39, 0.29) is 18.1 Å². The van der Waals surface area contributed by atoms with Crippen LogP contribution in [0.1, 0.15) is 36.8 Å². The molecule has 2 aromatic carbocycles. The molecule has 5 nitrogen and oxygen atoms in total. The van der Waals surface area contributed by atoms with Gasteiger partial charge in [0, 0.05) is 30.4 Å². The van der Waals surface area contributed by atoms with Gasteiger partial charge in [-0.2, -0.15) is 0 Å². The number of fused-ring (bicyclic) bond motifs is 1. The van der Waals surface area contributed by atoms with Crippen molar-refractivity contribution in [2.24, 2.45) is 0 Å². The summed E-state index contributed by atoms with van der Waals surface area (Å²) in [4.78, 5) is 15.1. The molecule has 0 unspecified atom stereocenters. The van der Waals surface area contributed by atoms with Crippen molar-refractivity contribution in [3.63, 3.8) is 0 Å². The van der Waals surface area contributed by atoms with Crippen molar-refractivity contribution < 1.29 is 9.53 Å². The van der Waals surface area contributed by atoms with Crippen LogP contribution in [0.2, 0.25) is 5.02 Å². The van der Waals surface area contributed by atoms with Gasteiger partial charge in [0.15, 0.2) is 0 Å². The highest BCUT2D eigenvalue weighted by atomic mass is 35.5. The van der Waals surface area contributed by atoms with Gasteiger partial charge in [0.25, 0.3) is 0 Å². The van der Waals surface area contributed by atoms with Crippen molar-refractivity contribution in [1.82, 2.24) is 15.5 Å². The molecule has 3 heterocycles. The Morgan fingerprint density at radius 3 is 2.71 bits per heavy atom. The Hall–Kier alpha value is -2.12. The number of hydrogen-bond acceptors (Lipinski definition) is 5. The van der Waals surface area contributed by atoms with E-state index >= 15 is 0 Å². The number of rotatable bonds is 7. The zero-order chi connectivity index (χ0) is 23.3. The van der Waals surface area contributed by atoms with E-state index in [1.165, 1.54) is 15.6 Å². The predicted molar refractivity (Wildman–Crippen MR) is 140 cm³/mol. The molecule has 2 N–H and O–H groups in total. The average Bonchev–Trinajstić information content (AvgIpc) is 3.25. The third-order valence-electron chi connectivity index (χ3n) is 6.85. The minimum Gasteiger partial charge on any atom is -0.489 e. The highest BCUT2D eigenvalue weighted by Crippen LogP contribution is 2.29. The zero-order valence-electron chi connectivity index (χ0n) is 19.4. The molecule has 0 aliphatic carbocycles. The number of carbonyl (C=O) groups excluding carboxylic acids is 1. The number of carbonyl (C=O) groups is 1. The fraction of sp³-hybridized carbons (Fsp3) is 0.444. The third-order valence-corrected chi connectivity index (χ3v) is 8.15. The van der Waals surface area contributed by atoms with Crippen LogP contribution in [0.3, 0.4) is 0 Å². The number of benzene rings is 2. The van der Waals surface area contributed by atoms with Crippen LogP contribution in [0.15, 0.2) is 47.8 Å². The summed E-state index contributed by atoms with van der Waals surface area (Å²) >= 11 is 8.24. The summed E-state index contributed by atoms with van der Waals surface area (Å²) in [5.41, 5.74) is 2.33. The Morgan fingerprint density at radius 1 is 1.12 bits per heavy atom. The van der Waals surface area contributed by atoms with Gasteiger partial charge >= 0.3 is 0 Å². The molecule has 1 aromatic heterocycles. The van der Waals surface area contributed by atoms with Gasteiger partial charge in [-0.25, -0.2) is 0 Å². The Bertz CT molecular complexity index is 1120. The number of halogens is 1. The Morgan fingerprint density at radius 2 is 1.91 bits per heavy atom. The van der Waals surface area contributed by atoms with Crippen LogP contribution in [0.5, 0.6) is 5.75 Å². The maximum atomic E-state index is 12.7. The lowest BCUT2D eigenvalue weighted by Crippen LogP contribution is -2.44. The Balaban J connectivity index is 1.08. The normalized spacial score (nSPS) is 18.3. The van der Waals surface area contributed by atoms with E-state index in [9.17, 15) is 4.79 Å². The van der Waals surface area contributed by atoms with Gasteiger partial charge in [-0.1, -0.05) is 35.9 Å². The first-order valence-corrected chi connectivity index (χ1v) is 13.5. The minimum absolute atomic E-state index is 0.123. The molecule has 7 heteroatoms. The topological polar surface area (TPSA) is 53.6 Å². The van der Waals surface area contributed by atoms with Crippen LogP contribution in [0.4, 0.5) is 0 Å². The van der Waals surface area contributed by atoms with E-state index < -0.39 is 0 Å². The van der Waals surface area contributed by atoms with Crippen LogP contribution in [0.25, 0.3) is 10.1 Å². The van der Waals surface area contributed by atoms with Crippen molar-refractivity contribution in [3.8, 4) is 5.75 Å². The van der Waals surface area contributed by atoms with Crippen molar-refractivity contribution in [1.29, 1.82) is 0 Å². The monoisotopic (exact) mass is 497 g/mol. The summed E-state index contributed by atoms with van der Waals surface area (Å²) in [7, 11) is 0. The van der Waals surface area contributed by atoms with E-state index in [2.05, 4.69) is 39.1 Å². The summed E-state index contributed by atoms with van der Waals surface area (Å²) in [5, 5.41) is 10.6. The molecule has 2 saturated heterocycles. The number of thiophene rings is 1. The van der Waals surface area contributed by atoms with Gasteiger partial charge in [0.2, 0.25) is 5.91 Å². The van der Waals surface area contributed by atoms with E-state index in [1.807, 2.05) is 24.3 Å². The number of likely N-dealkylation sites (tertiary alicyclic amines) is 1. The quantitative estimate of drug-likeness (QED) is 0.482. The fourth-order valence-electron chi connectivity index (χ4n) is 4.95. The molecule has 3 aromatic rings. The highest BCUT2D eigenvalue weighted by Gasteiger charge is 2.22. The molecule has 0 atom stereocenters. The largest absolute Gasteiger partial charge is 0.489 e. The standard InChI is InChI=1S/C27H32ClN3O2S/c28-24-15-19(5-6-25(24)33-22-7-11-29-12-8-22)17-31-13-9-21(10-14-31)30-27(32)16-20-18-34-26-4-2-1-3-23(20)26/h1-6,15,18,21-22,29H,7-14,16-17H2,(H,30,32). The molecule has 0 radical (unpaired) electrons. The number of nitrogens with one attached hydrogen (secondary N) is 2. The Labute approximate surface area is 210 Å². The van der Waals surface area contributed by atoms with E-state index in [4.69, 9.17) is 16.3 Å². The van der Waals surface area contributed by atoms with E-state index in [0.717, 1.165) is 69.7 Å². The number of amides is 1. The summed E-state index contributed by atoms with van der Waals surface area (Å²) in [6.45, 7) is 4.81. The van der Waals surface area contributed by atoms with Crippen LogP contribution in [-0.4, -0.2) is 49.1 Å². The van der Waals surface area contributed by atoms with Crippen LogP contribution in [-0.2, 0) is 17.8 Å². The lowest BCUT2D eigenvalue weighted by Gasteiger charge is -2.32. The number of ether oxygens (including phenoxy) is 1. The first-order valence-electron chi connectivity index (χ1n) is 12.3. The van der Waals surface area contributed by atoms with Crippen molar-refractivity contribution in [2.45, 2.75) is 50.8 Å². The SMILES string of the molecule is O=C(Cc1csc2ccccc12)NC1CCN(Cc2ccc(OC3CCNCC3)c(Cl)c2)CC1. The molecule has 1 amide bonds. The lowest BCUT2D eigenvalue weighted by molar-refractivity contribution is -0.121. The van der Waals surface area contributed by atoms with Crippen molar-refractivity contribution in [2.75, 3.05) is 26.2 Å².